The van der Waals surface area contributed by atoms with Crippen molar-refractivity contribution in [1.29, 1.82) is 0 Å². The summed E-state index contributed by atoms with van der Waals surface area (Å²) in [6, 6.07) is 0. The molecule has 0 aromatic heterocycles. The molecule has 0 saturated heterocycles. The average Bonchev–Trinajstić information content (AvgIpc) is 2.13. The molecule has 0 heterocycles. The van der Waals surface area contributed by atoms with Crippen LogP contribution in [0.25, 0.3) is 0 Å². The van der Waals surface area contributed by atoms with Gasteiger partial charge in [-0.15, -0.1) is 0 Å². The Kier molecular flexibility index (Phi) is 8.39. The smallest absolute Gasteiger partial charge is 0.434 e. The molecule has 0 spiro atoms. The van der Waals surface area contributed by atoms with Gasteiger partial charge in [0, 0.05) is 0 Å². The molecule has 0 fully saturated rings. The summed E-state index contributed by atoms with van der Waals surface area (Å²) in [5.74, 6) is 0. The summed E-state index contributed by atoms with van der Waals surface area (Å²) in [6.45, 7) is 6.54. The van der Waals surface area contributed by atoms with Crippen molar-refractivity contribution in [2.24, 2.45) is 0 Å². The largest absolute Gasteiger partial charge is 0.508 e. The second-order valence-corrected chi connectivity index (χ2v) is 3.52. The van der Waals surface area contributed by atoms with E-state index in [0.717, 1.165) is 32.1 Å². The van der Waals surface area contributed by atoms with E-state index in [1.807, 2.05) is 6.92 Å². The molecule has 0 rings (SSSR count). The van der Waals surface area contributed by atoms with E-state index in [2.05, 4.69) is 13.8 Å². The predicted molar refractivity (Wildman–Crippen MR) is 56.3 cm³/mol. The molecule has 0 bridgehead atoms. The highest BCUT2D eigenvalue weighted by Gasteiger charge is 2.08. The summed E-state index contributed by atoms with van der Waals surface area (Å²) in [5, 5.41) is 0. The van der Waals surface area contributed by atoms with Crippen LogP contribution in [0.4, 0.5) is 4.79 Å². The zero-order valence-electron chi connectivity index (χ0n) is 9.54. The fourth-order valence-electron chi connectivity index (χ4n) is 1.17. The molecule has 84 valence electrons. The number of unbranched alkanes of at least 4 members (excludes halogenated alkanes) is 2. The van der Waals surface area contributed by atoms with Gasteiger partial charge in [-0.3, -0.25) is 0 Å². The molecule has 0 aliphatic carbocycles. The van der Waals surface area contributed by atoms with Gasteiger partial charge in [-0.05, 0) is 19.8 Å². The highest BCUT2D eigenvalue weighted by atomic mass is 16.7. The van der Waals surface area contributed by atoms with E-state index in [-0.39, 0.29) is 6.10 Å². The quantitative estimate of drug-likeness (QED) is 0.468. The van der Waals surface area contributed by atoms with Crippen LogP contribution in [-0.4, -0.2) is 18.9 Å². The molecular formula is C11H22O3. The molecule has 0 amide bonds. The summed E-state index contributed by atoms with van der Waals surface area (Å²) >= 11 is 0. The molecule has 0 aromatic rings. The van der Waals surface area contributed by atoms with Crippen LogP contribution in [-0.2, 0) is 9.47 Å². The van der Waals surface area contributed by atoms with Gasteiger partial charge in [-0.25, -0.2) is 4.79 Å². The van der Waals surface area contributed by atoms with Crippen LogP contribution >= 0.6 is 0 Å². The van der Waals surface area contributed by atoms with Gasteiger partial charge in [-0.1, -0.05) is 33.1 Å². The SMILES string of the molecule is CCCCCOC(=O)OC(C)CCC. The van der Waals surface area contributed by atoms with Gasteiger partial charge in [0.15, 0.2) is 0 Å². The number of hydrogen-bond donors (Lipinski definition) is 0. The maximum absolute atomic E-state index is 11.0. The molecule has 1 unspecified atom stereocenters. The van der Waals surface area contributed by atoms with Crippen molar-refractivity contribution in [3.8, 4) is 0 Å². The fourth-order valence-corrected chi connectivity index (χ4v) is 1.17. The molecular weight excluding hydrogens is 180 g/mol. The van der Waals surface area contributed by atoms with Gasteiger partial charge in [-0.2, -0.15) is 0 Å². The normalized spacial score (nSPS) is 12.2. The lowest BCUT2D eigenvalue weighted by Crippen LogP contribution is -2.16. The second kappa shape index (κ2) is 8.85. The zero-order chi connectivity index (χ0) is 10.8. The lowest BCUT2D eigenvalue weighted by molar-refractivity contribution is 0.0257. The highest BCUT2D eigenvalue weighted by Crippen LogP contribution is 2.03. The lowest BCUT2D eigenvalue weighted by atomic mass is 10.2. The van der Waals surface area contributed by atoms with E-state index < -0.39 is 6.16 Å². The number of carbonyl (C=O) groups is 1. The minimum absolute atomic E-state index is 0.0290. The van der Waals surface area contributed by atoms with Gasteiger partial charge in [0.25, 0.3) is 0 Å². The third-order valence-electron chi connectivity index (χ3n) is 1.96. The first-order valence-corrected chi connectivity index (χ1v) is 5.54. The van der Waals surface area contributed by atoms with E-state index >= 15 is 0 Å². The van der Waals surface area contributed by atoms with Crippen molar-refractivity contribution in [2.45, 2.75) is 59.0 Å². The first-order chi connectivity index (χ1) is 6.70. The van der Waals surface area contributed by atoms with Gasteiger partial charge in [0.05, 0.1) is 6.61 Å². The van der Waals surface area contributed by atoms with Gasteiger partial charge in [0.1, 0.15) is 6.10 Å². The van der Waals surface area contributed by atoms with Crippen molar-refractivity contribution in [3.63, 3.8) is 0 Å². The first-order valence-electron chi connectivity index (χ1n) is 5.54. The second-order valence-electron chi connectivity index (χ2n) is 3.52. The number of rotatable bonds is 7. The third kappa shape index (κ3) is 7.90. The van der Waals surface area contributed by atoms with Gasteiger partial charge >= 0.3 is 6.16 Å². The van der Waals surface area contributed by atoms with Crippen LogP contribution in [0.15, 0.2) is 0 Å². The Hall–Kier alpha value is -0.730. The summed E-state index contributed by atoms with van der Waals surface area (Å²) in [5.41, 5.74) is 0. The van der Waals surface area contributed by atoms with Crippen molar-refractivity contribution >= 4 is 6.16 Å². The summed E-state index contributed by atoms with van der Waals surface area (Å²) in [6.07, 6.45) is 4.51. The molecule has 0 radical (unpaired) electrons. The minimum Gasteiger partial charge on any atom is -0.434 e. The minimum atomic E-state index is -0.526. The van der Waals surface area contributed by atoms with Gasteiger partial charge < -0.3 is 9.47 Å². The topological polar surface area (TPSA) is 35.5 Å². The van der Waals surface area contributed by atoms with Crippen molar-refractivity contribution in [2.75, 3.05) is 6.61 Å². The van der Waals surface area contributed by atoms with Crippen LogP contribution in [0.5, 0.6) is 0 Å². The van der Waals surface area contributed by atoms with E-state index in [1.165, 1.54) is 0 Å². The van der Waals surface area contributed by atoms with Crippen LogP contribution in [0.3, 0.4) is 0 Å². The zero-order valence-corrected chi connectivity index (χ0v) is 9.54. The molecule has 14 heavy (non-hydrogen) atoms. The monoisotopic (exact) mass is 202 g/mol. The summed E-state index contributed by atoms with van der Waals surface area (Å²) in [4.78, 5) is 11.0. The van der Waals surface area contributed by atoms with E-state index in [1.54, 1.807) is 0 Å². The Morgan fingerprint density at radius 2 is 1.93 bits per heavy atom. The third-order valence-corrected chi connectivity index (χ3v) is 1.96. The predicted octanol–water partition coefficient (Wildman–Crippen LogP) is 3.52. The molecule has 0 saturated carbocycles. The van der Waals surface area contributed by atoms with Crippen molar-refractivity contribution < 1.29 is 14.3 Å². The Labute approximate surface area is 86.8 Å². The molecule has 3 heteroatoms. The molecule has 1 atom stereocenters. The summed E-state index contributed by atoms with van der Waals surface area (Å²) < 4.78 is 9.91. The maximum Gasteiger partial charge on any atom is 0.508 e. The first kappa shape index (κ1) is 13.3. The van der Waals surface area contributed by atoms with Crippen LogP contribution in [0, 0.1) is 0 Å². The number of hydrogen-bond acceptors (Lipinski definition) is 3. The molecule has 0 N–H and O–H groups in total. The van der Waals surface area contributed by atoms with Crippen LogP contribution in [0.2, 0.25) is 0 Å². The van der Waals surface area contributed by atoms with E-state index in [0.29, 0.717) is 6.61 Å². The lowest BCUT2D eigenvalue weighted by Gasteiger charge is -2.11. The molecule has 3 nitrogen and oxygen atoms in total. The van der Waals surface area contributed by atoms with Gasteiger partial charge in [0.2, 0.25) is 0 Å². The molecule has 0 aliphatic heterocycles. The Balaban J connectivity index is 3.35. The van der Waals surface area contributed by atoms with Crippen molar-refractivity contribution in [1.82, 2.24) is 0 Å². The Bertz CT molecular complexity index is 145. The van der Waals surface area contributed by atoms with E-state index in [4.69, 9.17) is 9.47 Å². The van der Waals surface area contributed by atoms with Crippen molar-refractivity contribution in [3.05, 3.63) is 0 Å². The average molecular weight is 202 g/mol. The molecule has 0 aliphatic rings. The fraction of sp³-hybridized carbons (Fsp3) is 0.909. The standard InChI is InChI=1S/C11H22O3/c1-4-6-7-9-13-11(12)14-10(3)8-5-2/h10H,4-9H2,1-3H3. The van der Waals surface area contributed by atoms with E-state index in [9.17, 15) is 4.79 Å². The number of ether oxygens (including phenoxy) is 2. The highest BCUT2D eigenvalue weighted by molar-refractivity contribution is 5.59. The maximum atomic E-state index is 11.0. The summed E-state index contributed by atoms with van der Waals surface area (Å²) in [7, 11) is 0. The molecule has 0 aromatic carbocycles. The number of carbonyl (C=O) groups excluding carboxylic acids is 1. The van der Waals surface area contributed by atoms with Crippen LogP contribution in [0.1, 0.15) is 52.9 Å². The Morgan fingerprint density at radius 3 is 2.50 bits per heavy atom. The Morgan fingerprint density at radius 1 is 1.21 bits per heavy atom. The van der Waals surface area contributed by atoms with Crippen LogP contribution < -0.4 is 0 Å².